The van der Waals surface area contributed by atoms with Crippen LogP contribution in [-0.4, -0.2) is 35.0 Å². The van der Waals surface area contributed by atoms with E-state index in [1.165, 1.54) is 0 Å². The molecule has 0 aliphatic heterocycles. The van der Waals surface area contributed by atoms with Crippen LogP contribution in [0.15, 0.2) is 29.4 Å². The first kappa shape index (κ1) is 9.71. The number of H-pyrrole nitrogens is 1. The quantitative estimate of drug-likeness (QED) is 0.569. The lowest BCUT2D eigenvalue weighted by atomic mass is 10.2. The largest absolute Gasteiger partial charge is 0.366 e. The van der Waals surface area contributed by atoms with Gasteiger partial charge in [-0.2, -0.15) is 5.10 Å². The molecule has 1 aromatic carbocycles. The zero-order valence-corrected chi connectivity index (χ0v) is 9.15. The van der Waals surface area contributed by atoms with Crippen LogP contribution >= 0.6 is 0 Å². The van der Waals surface area contributed by atoms with Crippen LogP contribution in [0.25, 0.3) is 10.9 Å². The lowest BCUT2D eigenvalue weighted by Gasteiger charge is -2.10. The summed E-state index contributed by atoms with van der Waals surface area (Å²) in [6, 6.07) is 6.00. The van der Waals surface area contributed by atoms with E-state index in [1.807, 2.05) is 50.3 Å². The van der Waals surface area contributed by atoms with Crippen molar-refractivity contribution in [3.8, 4) is 0 Å². The van der Waals surface area contributed by atoms with Gasteiger partial charge in [0.25, 0.3) is 0 Å². The van der Waals surface area contributed by atoms with Gasteiger partial charge >= 0.3 is 0 Å². The lowest BCUT2D eigenvalue weighted by Crippen LogP contribution is -2.17. The average Bonchev–Trinajstić information content (AvgIpc) is 2.64. The van der Waals surface area contributed by atoms with Gasteiger partial charge in [0.1, 0.15) is 5.84 Å². The maximum Gasteiger partial charge on any atom is 0.101 e. The van der Waals surface area contributed by atoms with Gasteiger partial charge in [-0.3, -0.25) is 5.10 Å². The van der Waals surface area contributed by atoms with Crippen molar-refractivity contribution in [1.82, 2.24) is 15.1 Å². The Labute approximate surface area is 88.6 Å². The number of amidine groups is 1. The van der Waals surface area contributed by atoms with Crippen LogP contribution in [-0.2, 0) is 0 Å². The van der Waals surface area contributed by atoms with Crippen molar-refractivity contribution in [3.63, 3.8) is 0 Å². The van der Waals surface area contributed by atoms with E-state index in [0.29, 0.717) is 0 Å². The first-order chi connectivity index (χ1) is 7.16. The minimum Gasteiger partial charge on any atom is -0.366 e. The molecule has 1 aromatic heterocycles. The summed E-state index contributed by atoms with van der Waals surface area (Å²) in [4.78, 5) is 6.47. The number of nitrogens with zero attached hydrogens (tertiary/aromatic N) is 3. The highest BCUT2D eigenvalue weighted by Gasteiger charge is 1.98. The van der Waals surface area contributed by atoms with Crippen molar-refractivity contribution in [2.45, 2.75) is 6.92 Å². The standard InChI is InChI=1S/C11H14N4/c1-8(15(2)3)13-10-5-4-9-7-12-14-11(9)6-10/h4-7H,1-3H3,(H,12,14). The fourth-order valence-electron chi connectivity index (χ4n) is 1.28. The molecule has 2 aromatic rings. The summed E-state index contributed by atoms with van der Waals surface area (Å²) in [5.74, 6) is 0.980. The van der Waals surface area contributed by atoms with Gasteiger partial charge in [-0.1, -0.05) is 0 Å². The van der Waals surface area contributed by atoms with E-state index in [1.54, 1.807) is 0 Å². The van der Waals surface area contributed by atoms with Crippen LogP contribution in [0.1, 0.15) is 6.92 Å². The number of fused-ring (bicyclic) bond motifs is 1. The predicted octanol–water partition coefficient (Wildman–Crippen LogP) is 2.17. The van der Waals surface area contributed by atoms with Gasteiger partial charge in [-0.25, -0.2) is 4.99 Å². The second-order valence-corrected chi connectivity index (χ2v) is 3.69. The molecule has 0 aliphatic carbocycles. The van der Waals surface area contributed by atoms with E-state index in [9.17, 15) is 0 Å². The normalized spacial score (nSPS) is 12.1. The molecule has 0 atom stereocenters. The Hall–Kier alpha value is -1.84. The molecule has 0 spiro atoms. The second-order valence-electron chi connectivity index (χ2n) is 3.69. The Morgan fingerprint density at radius 2 is 2.20 bits per heavy atom. The monoisotopic (exact) mass is 202 g/mol. The van der Waals surface area contributed by atoms with Crippen LogP contribution in [0, 0.1) is 0 Å². The number of hydrogen-bond acceptors (Lipinski definition) is 2. The van der Waals surface area contributed by atoms with Gasteiger partial charge in [-0.05, 0) is 25.1 Å². The van der Waals surface area contributed by atoms with E-state index in [0.717, 1.165) is 22.4 Å². The molecule has 0 saturated carbocycles. The summed E-state index contributed by atoms with van der Waals surface area (Å²) in [6.45, 7) is 1.98. The molecular weight excluding hydrogens is 188 g/mol. The van der Waals surface area contributed by atoms with E-state index in [2.05, 4.69) is 15.2 Å². The Balaban J connectivity index is 2.40. The fourth-order valence-corrected chi connectivity index (χ4v) is 1.28. The molecule has 0 aliphatic rings. The highest BCUT2D eigenvalue weighted by Crippen LogP contribution is 2.19. The first-order valence-corrected chi connectivity index (χ1v) is 4.82. The molecule has 15 heavy (non-hydrogen) atoms. The minimum absolute atomic E-state index is 0.943. The Morgan fingerprint density at radius 1 is 1.40 bits per heavy atom. The summed E-state index contributed by atoms with van der Waals surface area (Å²) in [6.07, 6.45) is 1.81. The van der Waals surface area contributed by atoms with E-state index in [-0.39, 0.29) is 0 Å². The second kappa shape index (κ2) is 3.73. The summed E-state index contributed by atoms with van der Waals surface area (Å²) in [7, 11) is 3.96. The maximum atomic E-state index is 4.48. The zero-order valence-electron chi connectivity index (χ0n) is 9.15. The molecule has 0 radical (unpaired) electrons. The van der Waals surface area contributed by atoms with Crippen LogP contribution < -0.4 is 0 Å². The number of aromatic amines is 1. The van der Waals surface area contributed by atoms with Crippen LogP contribution in [0.3, 0.4) is 0 Å². The third-order valence-electron chi connectivity index (χ3n) is 2.36. The van der Waals surface area contributed by atoms with Crippen molar-refractivity contribution in [1.29, 1.82) is 0 Å². The van der Waals surface area contributed by atoms with Crippen molar-refractivity contribution in [3.05, 3.63) is 24.4 Å². The zero-order chi connectivity index (χ0) is 10.8. The predicted molar refractivity (Wildman–Crippen MR) is 62.5 cm³/mol. The van der Waals surface area contributed by atoms with Gasteiger partial charge in [0, 0.05) is 19.5 Å². The number of aromatic nitrogens is 2. The van der Waals surface area contributed by atoms with Crippen LogP contribution in [0.2, 0.25) is 0 Å². The number of rotatable bonds is 1. The summed E-state index contributed by atoms with van der Waals surface area (Å²) in [5.41, 5.74) is 1.96. The molecule has 0 bridgehead atoms. The lowest BCUT2D eigenvalue weighted by molar-refractivity contribution is 0.619. The molecule has 4 heteroatoms. The summed E-state index contributed by atoms with van der Waals surface area (Å²) in [5, 5.41) is 8.01. The number of aliphatic imine (C=N–C) groups is 1. The van der Waals surface area contributed by atoms with Gasteiger partial charge in [0.2, 0.25) is 0 Å². The smallest absolute Gasteiger partial charge is 0.101 e. The maximum absolute atomic E-state index is 4.48. The highest BCUT2D eigenvalue weighted by molar-refractivity contribution is 5.85. The molecule has 4 nitrogen and oxygen atoms in total. The first-order valence-electron chi connectivity index (χ1n) is 4.82. The molecule has 1 heterocycles. The van der Waals surface area contributed by atoms with Crippen LogP contribution in [0.5, 0.6) is 0 Å². The van der Waals surface area contributed by atoms with Gasteiger partial charge < -0.3 is 4.90 Å². The molecule has 0 fully saturated rings. The molecule has 1 N–H and O–H groups in total. The van der Waals surface area contributed by atoms with Crippen LogP contribution in [0.4, 0.5) is 5.69 Å². The van der Waals surface area contributed by atoms with Crippen molar-refractivity contribution < 1.29 is 0 Å². The minimum atomic E-state index is 0.943. The summed E-state index contributed by atoms with van der Waals surface area (Å²) < 4.78 is 0. The van der Waals surface area contributed by atoms with Gasteiger partial charge in [0.05, 0.1) is 17.4 Å². The van der Waals surface area contributed by atoms with Gasteiger partial charge in [-0.15, -0.1) is 0 Å². The molecular formula is C11H14N4. The third kappa shape index (κ3) is 1.98. The third-order valence-corrected chi connectivity index (χ3v) is 2.36. The molecule has 0 unspecified atom stereocenters. The molecule has 0 saturated heterocycles. The van der Waals surface area contributed by atoms with Crippen molar-refractivity contribution in [2.24, 2.45) is 4.99 Å². The Bertz CT molecular complexity index is 496. The number of nitrogens with one attached hydrogen (secondary N) is 1. The Kier molecular flexibility index (Phi) is 2.41. The van der Waals surface area contributed by atoms with E-state index in [4.69, 9.17) is 0 Å². The SMILES string of the molecule is CC(=Nc1ccc2cn[nH]c2c1)N(C)C. The molecule has 0 amide bonds. The fraction of sp³-hybridized carbons (Fsp3) is 0.273. The average molecular weight is 202 g/mol. The topological polar surface area (TPSA) is 44.3 Å². The van der Waals surface area contributed by atoms with E-state index < -0.39 is 0 Å². The number of benzene rings is 1. The number of hydrogen-bond donors (Lipinski definition) is 1. The summed E-state index contributed by atoms with van der Waals surface area (Å²) >= 11 is 0. The Morgan fingerprint density at radius 3 is 2.93 bits per heavy atom. The van der Waals surface area contributed by atoms with E-state index >= 15 is 0 Å². The van der Waals surface area contributed by atoms with Gasteiger partial charge in [0.15, 0.2) is 0 Å². The molecule has 78 valence electrons. The van der Waals surface area contributed by atoms with Crippen molar-refractivity contribution in [2.75, 3.05) is 14.1 Å². The highest BCUT2D eigenvalue weighted by atomic mass is 15.1. The van der Waals surface area contributed by atoms with Crippen molar-refractivity contribution >= 4 is 22.4 Å². The molecule has 2 rings (SSSR count).